The summed E-state index contributed by atoms with van der Waals surface area (Å²) in [5.74, 6) is -0.967. The molecule has 19 heavy (non-hydrogen) atoms. The minimum atomic E-state index is -2.41. The normalized spacial score (nSPS) is 12.7. The molecule has 0 N–H and O–H groups in total. The maximum atomic E-state index is 11.1. The number of carboxylic acids is 1. The Balaban J connectivity index is 5.07. The fourth-order valence-electron chi connectivity index (χ4n) is 2.70. The van der Waals surface area contributed by atoms with E-state index in [1.54, 1.807) is 6.92 Å². The molecule has 112 valence electrons. The predicted molar refractivity (Wildman–Crippen MR) is 83.7 cm³/mol. The Morgan fingerprint density at radius 3 is 1.58 bits per heavy atom. The van der Waals surface area contributed by atoms with Gasteiger partial charge >= 0.3 is 123 Å². The number of hydrogen-bond acceptors (Lipinski definition) is 2. The van der Waals surface area contributed by atoms with Gasteiger partial charge in [0.15, 0.2) is 0 Å². The van der Waals surface area contributed by atoms with E-state index in [0.29, 0.717) is 5.57 Å². The molecule has 0 aromatic rings. The van der Waals surface area contributed by atoms with Crippen LogP contribution in [0.5, 0.6) is 0 Å². The summed E-state index contributed by atoms with van der Waals surface area (Å²) in [5.41, 5.74) is 0.499. The molecule has 0 spiro atoms. The number of carbonyl (C=O) groups is 1. The van der Waals surface area contributed by atoms with E-state index < -0.39 is 24.3 Å². The summed E-state index contributed by atoms with van der Waals surface area (Å²) >= 11 is -2.41. The number of hydrogen-bond donors (Lipinski definition) is 0. The van der Waals surface area contributed by atoms with Crippen LogP contribution in [0.15, 0.2) is 9.67 Å². The van der Waals surface area contributed by atoms with Gasteiger partial charge in [0, 0.05) is 0 Å². The van der Waals surface area contributed by atoms with Gasteiger partial charge in [-0.25, -0.2) is 0 Å². The van der Waals surface area contributed by atoms with Gasteiger partial charge in [0.05, 0.1) is 0 Å². The molecule has 0 bridgehead atoms. The summed E-state index contributed by atoms with van der Waals surface area (Å²) in [4.78, 5) is 11.1. The summed E-state index contributed by atoms with van der Waals surface area (Å²) in [6.45, 7) is 8.41. The van der Waals surface area contributed by atoms with Gasteiger partial charge in [0.2, 0.25) is 0 Å². The van der Waals surface area contributed by atoms with E-state index in [-0.39, 0.29) is 0 Å². The molecule has 0 amide bonds. The van der Waals surface area contributed by atoms with E-state index in [2.05, 4.69) is 24.9 Å². The first-order valence-corrected chi connectivity index (χ1v) is 15.6. The van der Waals surface area contributed by atoms with E-state index >= 15 is 0 Å². The van der Waals surface area contributed by atoms with Crippen molar-refractivity contribution < 1.29 is 9.90 Å². The zero-order valence-electron chi connectivity index (χ0n) is 13.3. The van der Waals surface area contributed by atoms with Crippen molar-refractivity contribution in [3.8, 4) is 0 Å². The van der Waals surface area contributed by atoms with Gasteiger partial charge in [0.25, 0.3) is 0 Å². The predicted octanol–water partition coefficient (Wildman–Crippen LogP) is 4.07. The van der Waals surface area contributed by atoms with Gasteiger partial charge in [-0.3, -0.25) is 0 Å². The molecule has 0 fully saturated rings. The zero-order chi connectivity index (χ0) is 14.7. The van der Waals surface area contributed by atoms with Crippen molar-refractivity contribution in [2.45, 2.75) is 79.5 Å². The molecule has 0 aromatic heterocycles. The Kier molecular flexibility index (Phi) is 10.8. The maximum absolute atomic E-state index is 11.1. The second-order valence-electron chi connectivity index (χ2n) is 5.79. The van der Waals surface area contributed by atoms with Gasteiger partial charge < -0.3 is 0 Å². The molecule has 0 heterocycles. The average Bonchev–Trinajstić information content (AvgIpc) is 2.40. The van der Waals surface area contributed by atoms with Gasteiger partial charge in [-0.15, -0.1) is 0 Å². The molecule has 0 aliphatic rings. The summed E-state index contributed by atoms with van der Waals surface area (Å²) in [5, 5.41) is 11.1. The van der Waals surface area contributed by atoms with Crippen LogP contribution in [0.25, 0.3) is 0 Å². The van der Waals surface area contributed by atoms with Crippen LogP contribution in [0.3, 0.4) is 0 Å². The molecule has 0 rings (SSSR count). The van der Waals surface area contributed by atoms with Crippen LogP contribution in [0.2, 0.25) is 13.3 Å². The first kappa shape index (κ1) is 19.0. The summed E-state index contributed by atoms with van der Waals surface area (Å²) in [7, 11) is 0. The van der Waals surface area contributed by atoms with Crippen LogP contribution in [0.1, 0.15) is 66.2 Å². The van der Waals surface area contributed by atoms with E-state index in [1.807, 2.05) is 0 Å². The Morgan fingerprint density at radius 2 is 1.32 bits per heavy atom. The molecule has 0 unspecified atom stereocenters. The third-order valence-corrected chi connectivity index (χ3v) is 18.5. The number of aliphatic carboxylic acids is 1. The fraction of sp³-hybridized carbons (Fsp3) is 0.812. The van der Waals surface area contributed by atoms with E-state index in [4.69, 9.17) is 0 Å². The molecule has 3 heteroatoms. The molecular formula is C16H31O2Sn-. The standard InChI is InChI=1S/C4H5O2.3C4H9.Sn/c1-3(2)4(5)6;3*1-3-4-2;/h1H,2H3,(H,5,6);3*1,3-4H2,2H3;/p-1. The van der Waals surface area contributed by atoms with Gasteiger partial charge in [-0.2, -0.15) is 0 Å². The average molecular weight is 374 g/mol. The molecule has 0 aliphatic carbocycles. The molecule has 2 nitrogen and oxygen atoms in total. The Morgan fingerprint density at radius 1 is 0.947 bits per heavy atom. The molecule has 0 aliphatic heterocycles. The van der Waals surface area contributed by atoms with Crippen LogP contribution in [-0.4, -0.2) is 24.3 Å². The van der Waals surface area contributed by atoms with Crippen molar-refractivity contribution in [2.24, 2.45) is 0 Å². The van der Waals surface area contributed by atoms with Crippen molar-refractivity contribution in [1.29, 1.82) is 0 Å². The van der Waals surface area contributed by atoms with Crippen LogP contribution < -0.4 is 5.11 Å². The van der Waals surface area contributed by atoms with E-state index in [0.717, 1.165) is 0 Å². The quantitative estimate of drug-likeness (QED) is 0.404. The monoisotopic (exact) mass is 375 g/mol. The third kappa shape index (κ3) is 8.01. The molecule has 0 saturated carbocycles. The van der Waals surface area contributed by atoms with Gasteiger partial charge in [-0.1, -0.05) is 0 Å². The molecule has 0 saturated heterocycles. The van der Waals surface area contributed by atoms with Crippen LogP contribution in [-0.2, 0) is 4.79 Å². The van der Waals surface area contributed by atoms with Crippen LogP contribution >= 0.6 is 0 Å². The van der Waals surface area contributed by atoms with Crippen molar-refractivity contribution in [1.82, 2.24) is 0 Å². The number of carbonyl (C=O) groups excluding carboxylic acids is 1. The topological polar surface area (TPSA) is 40.1 Å². The second-order valence-corrected chi connectivity index (χ2v) is 18.7. The zero-order valence-corrected chi connectivity index (χ0v) is 16.1. The Bertz CT molecular complexity index is 263. The van der Waals surface area contributed by atoms with Crippen LogP contribution in [0, 0.1) is 0 Å². The van der Waals surface area contributed by atoms with Crippen molar-refractivity contribution in [2.75, 3.05) is 0 Å². The minimum absolute atomic E-state index is 0.499. The van der Waals surface area contributed by atoms with E-state index in [1.165, 1.54) is 51.8 Å². The molecule has 0 radical (unpaired) electrons. The summed E-state index contributed by atoms with van der Waals surface area (Å²) < 4.78 is 6.16. The van der Waals surface area contributed by atoms with Gasteiger partial charge in [0.1, 0.15) is 0 Å². The van der Waals surface area contributed by atoms with E-state index in [9.17, 15) is 9.90 Å². The van der Waals surface area contributed by atoms with Crippen molar-refractivity contribution >= 4 is 24.3 Å². The molecule has 0 aromatic carbocycles. The summed E-state index contributed by atoms with van der Waals surface area (Å²) in [6, 6.07) is 0. The van der Waals surface area contributed by atoms with Crippen LogP contribution in [0.4, 0.5) is 0 Å². The number of unbranched alkanes of at least 4 members (excludes halogenated alkanes) is 3. The summed E-state index contributed by atoms with van der Waals surface area (Å²) in [6.07, 6.45) is 7.44. The second kappa shape index (κ2) is 10.8. The SMILES string of the molecule is CCC[CH2][Sn](/[CH]=C(\C)C(=O)[O-])([CH2]CCC)[CH2]CCC. The molecule has 0 atom stereocenters. The third-order valence-electron chi connectivity index (χ3n) is 3.93. The Hall–Kier alpha value is 0.00870. The van der Waals surface area contributed by atoms with Gasteiger partial charge in [-0.05, 0) is 0 Å². The number of rotatable bonds is 11. The van der Waals surface area contributed by atoms with Crippen molar-refractivity contribution in [3.63, 3.8) is 0 Å². The number of carboxylic acid groups (broad SMARTS) is 1. The first-order chi connectivity index (χ1) is 9.01. The first-order valence-electron chi connectivity index (χ1n) is 7.92. The van der Waals surface area contributed by atoms with Crippen molar-refractivity contribution in [3.05, 3.63) is 9.67 Å². The molecular weight excluding hydrogens is 343 g/mol. The Labute approximate surface area is 123 Å². The fourth-order valence-corrected chi connectivity index (χ4v) is 18.1.